The van der Waals surface area contributed by atoms with Gasteiger partial charge >= 0.3 is 0 Å². The number of fused-ring (bicyclic) bond motifs is 1. The fourth-order valence-corrected chi connectivity index (χ4v) is 3.61. The van der Waals surface area contributed by atoms with Gasteiger partial charge in [0.2, 0.25) is 11.8 Å². The van der Waals surface area contributed by atoms with E-state index in [1.54, 1.807) is 0 Å². The van der Waals surface area contributed by atoms with Crippen LogP contribution in [0.4, 0.5) is 0 Å². The standard InChI is InChI=1S/C20H22N4O2/c1-4-6-14-12(2)18(22-23-19(14)25)13-8-9-15-17(11-13)26-20(21-15)16-7-5-10-24(16)3/h5,7-12,14H,4,6H2,1-3H3,(H,23,25)/t12-,14-/m0/s1. The van der Waals surface area contributed by atoms with Crippen LogP contribution in [0.25, 0.3) is 22.7 Å². The second kappa shape index (κ2) is 6.44. The Hall–Kier alpha value is -2.89. The van der Waals surface area contributed by atoms with E-state index in [4.69, 9.17) is 4.42 Å². The first kappa shape index (κ1) is 16.6. The lowest BCUT2D eigenvalue weighted by Crippen LogP contribution is -2.40. The van der Waals surface area contributed by atoms with Gasteiger partial charge in [-0.2, -0.15) is 5.10 Å². The van der Waals surface area contributed by atoms with Crippen LogP contribution in [0.1, 0.15) is 32.3 Å². The number of benzene rings is 1. The number of amides is 1. The van der Waals surface area contributed by atoms with Crippen molar-refractivity contribution >= 4 is 22.7 Å². The number of nitrogens with zero attached hydrogens (tertiary/aromatic N) is 3. The van der Waals surface area contributed by atoms with Crippen molar-refractivity contribution in [3.8, 4) is 11.6 Å². The second-order valence-corrected chi connectivity index (χ2v) is 6.86. The molecular formula is C20H22N4O2. The molecule has 0 saturated heterocycles. The number of hydrazone groups is 1. The van der Waals surface area contributed by atoms with Crippen LogP contribution >= 0.6 is 0 Å². The van der Waals surface area contributed by atoms with Crippen molar-refractivity contribution in [2.45, 2.75) is 26.7 Å². The molecule has 1 N–H and O–H groups in total. The maximum atomic E-state index is 12.1. The molecule has 0 aliphatic carbocycles. The summed E-state index contributed by atoms with van der Waals surface area (Å²) in [5, 5.41) is 4.32. The summed E-state index contributed by atoms with van der Waals surface area (Å²) in [7, 11) is 1.96. The van der Waals surface area contributed by atoms with Crippen LogP contribution in [-0.4, -0.2) is 21.2 Å². The molecule has 4 rings (SSSR count). The summed E-state index contributed by atoms with van der Waals surface area (Å²) in [6, 6.07) is 9.84. The van der Waals surface area contributed by atoms with E-state index in [9.17, 15) is 4.79 Å². The normalized spacial score (nSPS) is 20.3. The molecule has 0 unspecified atom stereocenters. The lowest BCUT2D eigenvalue weighted by molar-refractivity contribution is -0.126. The zero-order chi connectivity index (χ0) is 18.3. The average Bonchev–Trinajstić information content (AvgIpc) is 3.23. The first-order chi connectivity index (χ1) is 12.6. The van der Waals surface area contributed by atoms with Crippen molar-refractivity contribution in [2.24, 2.45) is 24.0 Å². The van der Waals surface area contributed by atoms with Crippen molar-refractivity contribution in [3.63, 3.8) is 0 Å². The van der Waals surface area contributed by atoms with Crippen molar-refractivity contribution in [1.82, 2.24) is 15.0 Å². The highest BCUT2D eigenvalue weighted by atomic mass is 16.3. The van der Waals surface area contributed by atoms with Gasteiger partial charge in [0.1, 0.15) is 11.2 Å². The Morgan fingerprint density at radius 1 is 1.31 bits per heavy atom. The van der Waals surface area contributed by atoms with Gasteiger partial charge in [0.05, 0.1) is 5.71 Å². The van der Waals surface area contributed by atoms with Gasteiger partial charge in [-0.15, -0.1) is 0 Å². The van der Waals surface area contributed by atoms with E-state index in [-0.39, 0.29) is 17.7 Å². The molecule has 6 nitrogen and oxygen atoms in total. The van der Waals surface area contributed by atoms with Crippen LogP contribution in [-0.2, 0) is 11.8 Å². The van der Waals surface area contributed by atoms with E-state index in [1.807, 2.05) is 48.1 Å². The van der Waals surface area contributed by atoms with Gasteiger partial charge in [0.25, 0.3) is 0 Å². The third-order valence-electron chi connectivity index (χ3n) is 5.10. The van der Waals surface area contributed by atoms with Crippen LogP contribution < -0.4 is 5.43 Å². The quantitative estimate of drug-likeness (QED) is 0.779. The molecule has 1 aliphatic rings. The summed E-state index contributed by atoms with van der Waals surface area (Å²) >= 11 is 0. The molecule has 0 saturated carbocycles. The number of aryl methyl sites for hydroxylation is 1. The molecule has 26 heavy (non-hydrogen) atoms. The topological polar surface area (TPSA) is 72.4 Å². The number of carbonyl (C=O) groups excluding carboxylic acids is 1. The van der Waals surface area contributed by atoms with Gasteiger partial charge in [-0.05, 0) is 30.7 Å². The molecule has 2 atom stereocenters. The first-order valence-corrected chi connectivity index (χ1v) is 8.98. The fraction of sp³-hybridized carbons (Fsp3) is 0.350. The Morgan fingerprint density at radius 3 is 2.88 bits per heavy atom. The van der Waals surface area contributed by atoms with Crippen LogP contribution in [0, 0.1) is 11.8 Å². The highest BCUT2D eigenvalue weighted by molar-refractivity contribution is 6.07. The summed E-state index contributed by atoms with van der Waals surface area (Å²) in [4.78, 5) is 16.7. The van der Waals surface area contributed by atoms with Crippen molar-refractivity contribution < 1.29 is 9.21 Å². The van der Waals surface area contributed by atoms with Gasteiger partial charge in [-0.1, -0.05) is 26.3 Å². The average molecular weight is 350 g/mol. The highest BCUT2D eigenvalue weighted by Crippen LogP contribution is 2.29. The summed E-state index contributed by atoms with van der Waals surface area (Å²) in [6.45, 7) is 4.16. The summed E-state index contributed by atoms with van der Waals surface area (Å²) in [5.41, 5.74) is 6.99. The Labute approximate surface area is 151 Å². The SMILES string of the molecule is CCC[C@@H]1C(=O)NN=C(c2ccc3nc(-c4cccn4C)oc3c2)[C@H]1C. The number of aromatic nitrogens is 2. The van der Waals surface area contributed by atoms with Gasteiger partial charge in [-0.3, -0.25) is 4.79 Å². The molecule has 134 valence electrons. The summed E-state index contributed by atoms with van der Waals surface area (Å²) in [6.07, 6.45) is 3.79. The molecule has 3 aromatic rings. The number of hydrogen-bond donors (Lipinski definition) is 1. The van der Waals surface area contributed by atoms with Gasteiger partial charge < -0.3 is 8.98 Å². The molecule has 0 radical (unpaired) electrons. The van der Waals surface area contributed by atoms with Crippen LogP contribution in [0.15, 0.2) is 46.0 Å². The molecular weight excluding hydrogens is 328 g/mol. The highest BCUT2D eigenvalue weighted by Gasteiger charge is 2.32. The van der Waals surface area contributed by atoms with Crippen molar-refractivity contribution in [1.29, 1.82) is 0 Å². The third-order valence-corrected chi connectivity index (χ3v) is 5.10. The Bertz CT molecular complexity index is 998. The first-order valence-electron chi connectivity index (χ1n) is 8.98. The fourth-order valence-electron chi connectivity index (χ4n) is 3.61. The minimum absolute atomic E-state index is 0.00911. The molecule has 1 aromatic carbocycles. The van der Waals surface area contributed by atoms with Gasteiger partial charge in [-0.25, -0.2) is 10.4 Å². The zero-order valence-electron chi connectivity index (χ0n) is 15.2. The van der Waals surface area contributed by atoms with E-state index in [0.29, 0.717) is 5.89 Å². The monoisotopic (exact) mass is 350 g/mol. The molecule has 2 aromatic heterocycles. The van der Waals surface area contributed by atoms with E-state index in [1.165, 1.54) is 0 Å². The molecule has 6 heteroatoms. The number of oxazole rings is 1. The van der Waals surface area contributed by atoms with Crippen molar-refractivity contribution in [3.05, 3.63) is 42.1 Å². The predicted octanol–water partition coefficient (Wildman–Crippen LogP) is 3.72. The second-order valence-electron chi connectivity index (χ2n) is 6.86. The summed E-state index contributed by atoms with van der Waals surface area (Å²) in [5.74, 6) is 0.628. The smallest absolute Gasteiger partial charge is 0.244 e. The van der Waals surface area contributed by atoms with Gasteiger partial charge in [0.15, 0.2) is 5.58 Å². The summed E-state index contributed by atoms with van der Waals surface area (Å²) < 4.78 is 7.96. The maximum Gasteiger partial charge on any atom is 0.244 e. The molecule has 0 spiro atoms. The van der Waals surface area contributed by atoms with Crippen molar-refractivity contribution in [2.75, 3.05) is 0 Å². The number of nitrogens with one attached hydrogen (secondary N) is 1. The Kier molecular flexibility index (Phi) is 4.11. The zero-order valence-corrected chi connectivity index (χ0v) is 15.2. The molecule has 0 fully saturated rings. The lowest BCUT2D eigenvalue weighted by Gasteiger charge is -2.27. The molecule has 3 heterocycles. The third kappa shape index (κ3) is 2.71. The lowest BCUT2D eigenvalue weighted by atomic mass is 9.82. The minimum atomic E-state index is -0.0446. The number of carbonyl (C=O) groups is 1. The van der Waals surface area contributed by atoms with E-state index in [0.717, 1.165) is 40.9 Å². The minimum Gasteiger partial charge on any atom is -0.435 e. The van der Waals surface area contributed by atoms with E-state index in [2.05, 4.69) is 29.4 Å². The molecule has 1 aliphatic heterocycles. The number of hydrogen-bond acceptors (Lipinski definition) is 4. The number of rotatable bonds is 4. The van der Waals surface area contributed by atoms with Gasteiger partial charge in [0, 0.05) is 30.6 Å². The maximum absolute atomic E-state index is 12.1. The Morgan fingerprint density at radius 2 is 2.15 bits per heavy atom. The van der Waals surface area contributed by atoms with Crippen LogP contribution in [0.5, 0.6) is 0 Å². The van der Waals surface area contributed by atoms with Crippen LogP contribution in [0.3, 0.4) is 0 Å². The largest absolute Gasteiger partial charge is 0.435 e. The molecule has 1 amide bonds. The van der Waals surface area contributed by atoms with E-state index < -0.39 is 0 Å². The Balaban J connectivity index is 1.71. The predicted molar refractivity (Wildman–Crippen MR) is 101 cm³/mol. The van der Waals surface area contributed by atoms with E-state index >= 15 is 0 Å². The molecule has 0 bridgehead atoms. The van der Waals surface area contributed by atoms with Crippen LogP contribution in [0.2, 0.25) is 0 Å².